The van der Waals surface area contributed by atoms with Gasteiger partial charge in [-0.2, -0.15) is 0 Å². The van der Waals surface area contributed by atoms with E-state index in [2.05, 4.69) is 15.3 Å². The maximum Gasteiger partial charge on any atom is 0.410 e. The summed E-state index contributed by atoms with van der Waals surface area (Å²) < 4.78 is 5.37. The van der Waals surface area contributed by atoms with Crippen LogP contribution in [0.2, 0.25) is 0 Å². The van der Waals surface area contributed by atoms with E-state index < -0.39 is 17.2 Å². The van der Waals surface area contributed by atoms with E-state index in [9.17, 15) is 14.4 Å². The summed E-state index contributed by atoms with van der Waals surface area (Å²) in [6.07, 6.45) is 5.15. The topological polar surface area (TPSA) is 105 Å². The molecule has 1 aliphatic heterocycles. The molecule has 0 radical (unpaired) electrons. The van der Waals surface area contributed by atoms with Gasteiger partial charge >= 0.3 is 6.09 Å². The molecule has 26 heavy (non-hydrogen) atoms. The van der Waals surface area contributed by atoms with Crippen LogP contribution < -0.4 is 10.2 Å². The molecule has 2 heterocycles. The smallest absolute Gasteiger partial charge is 0.410 e. The van der Waals surface area contributed by atoms with Gasteiger partial charge in [0.15, 0.2) is 5.82 Å². The highest BCUT2D eigenvalue weighted by atomic mass is 16.6. The first kappa shape index (κ1) is 19.6. The molecule has 1 aromatic rings. The van der Waals surface area contributed by atoms with Crippen molar-refractivity contribution >= 4 is 24.2 Å². The number of aromatic nitrogens is 2. The van der Waals surface area contributed by atoms with Crippen molar-refractivity contribution in [3.8, 4) is 0 Å². The van der Waals surface area contributed by atoms with Crippen LogP contribution in [0.5, 0.6) is 0 Å². The summed E-state index contributed by atoms with van der Waals surface area (Å²) in [5, 5.41) is 2.66. The van der Waals surface area contributed by atoms with E-state index in [1.54, 1.807) is 32.7 Å². The van der Waals surface area contributed by atoms with E-state index >= 15 is 0 Å². The van der Waals surface area contributed by atoms with Crippen LogP contribution in [-0.2, 0) is 14.3 Å². The Morgan fingerprint density at radius 2 is 1.96 bits per heavy atom. The van der Waals surface area contributed by atoms with Gasteiger partial charge in [0.05, 0.1) is 6.20 Å². The lowest BCUT2D eigenvalue weighted by Crippen LogP contribution is -2.62. The minimum Gasteiger partial charge on any atom is -0.444 e. The third kappa shape index (κ3) is 4.47. The molecule has 142 valence electrons. The fourth-order valence-electron chi connectivity index (χ4n) is 2.82. The lowest BCUT2D eigenvalue weighted by atomic mass is 9.86. The maximum atomic E-state index is 13.0. The van der Waals surface area contributed by atoms with Crippen molar-refractivity contribution < 1.29 is 19.1 Å². The number of likely N-dealkylation sites (tertiary alicyclic amines) is 1. The highest BCUT2D eigenvalue weighted by Crippen LogP contribution is 2.26. The summed E-state index contributed by atoms with van der Waals surface area (Å²) in [6.45, 7) is 6.00. The quantitative estimate of drug-likeness (QED) is 0.799. The van der Waals surface area contributed by atoms with E-state index in [0.29, 0.717) is 25.3 Å². The van der Waals surface area contributed by atoms with Crippen molar-refractivity contribution in [2.45, 2.75) is 44.8 Å². The first-order chi connectivity index (χ1) is 12.2. The molecule has 9 nitrogen and oxygen atoms in total. The molecule has 0 unspecified atom stereocenters. The molecule has 0 bridgehead atoms. The molecule has 1 N–H and O–H groups in total. The number of nitrogens with zero attached hydrogens (tertiary/aromatic N) is 4. The highest BCUT2D eigenvalue weighted by Gasteiger charge is 2.44. The van der Waals surface area contributed by atoms with Crippen LogP contribution in [0, 0.1) is 0 Å². The van der Waals surface area contributed by atoms with Crippen LogP contribution in [-0.4, -0.2) is 64.6 Å². The zero-order valence-electron chi connectivity index (χ0n) is 15.6. The normalized spacial score (nSPS) is 16.5. The Morgan fingerprint density at radius 3 is 2.46 bits per heavy atom. The van der Waals surface area contributed by atoms with E-state index in [-0.39, 0.29) is 18.7 Å². The van der Waals surface area contributed by atoms with Crippen LogP contribution in [0.3, 0.4) is 0 Å². The van der Waals surface area contributed by atoms with E-state index in [0.717, 1.165) is 0 Å². The van der Waals surface area contributed by atoms with Gasteiger partial charge in [-0.3, -0.25) is 19.5 Å². The number of rotatable bonds is 4. The molecular weight excluding hydrogens is 338 g/mol. The first-order valence-corrected chi connectivity index (χ1v) is 8.42. The van der Waals surface area contributed by atoms with Gasteiger partial charge in [-0.15, -0.1) is 0 Å². The molecule has 0 aliphatic carbocycles. The number of anilines is 1. The minimum absolute atomic E-state index is 0.286. The number of ether oxygens (including phenoxy) is 1. The molecule has 3 amide bonds. The average Bonchev–Trinajstić information content (AvgIpc) is 2.60. The van der Waals surface area contributed by atoms with Gasteiger partial charge in [0.1, 0.15) is 11.1 Å². The first-order valence-electron chi connectivity index (χ1n) is 8.42. The molecular formula is C17H25N5O4. The fraction of sp³-hybridized carbons (Fsp3) is 0.588. The maximum absolute atomic E-state index is 13.0. The van der Waals surface area contributed by atoms with Gasteiger partial charge in [-0.25, -0.2) is 9.78 Å². The number of likely N-dealkylation sites (N-methyl/N-ethyl adjacent to an activating group) is 1. The van der Waals surface area contributed by atoms with Gasteiger partial charge in [0.2, 0.25) is 6.41 Å². The van der Waals surface area contributed by atoms with Crippen LogP contribution in [0.25, 0.3) is 0 Å². The predicted octanol–water partition coefficient (Wildman–Crippen LogP) is 0.955. The largest absolute Gasteiger partial charge is 0.444 e. The second kappa shape index (κ2) is 7.67. The standard InChI is InChI=1S/C17H25N5O4/c1-16(2,3)26-15(25)22-9-5-17(6-10-22,20-12-23)14(24)21(4)13-11-18-7-8-19-13/h7-8,11-12H,5-6,9-10H2,1-4H3,(H,20,23). The third-order valence-corrected chi connectivity index (χ3v) is 4.21. The summed E-state index contributed by atoms with van der Waals surface area (Å²) in [5.41, 5.74) is -1.68. The molecule has 1 aliphatic rings. The van der Waals surface area contributed by atoms with Gasteiger partial charge < -0.3 is 15.0 Å². The van der Waals surface area contributed by atoms with Gasteiger partial charge in [-0.1, -0.05) is 0 Å². The lowest BCUT2D eigenvalue weighted by molar-refractivity contribution is -0.129. The summed E-state index contributed by atoms with van der Waals surface area (Å²) in [5.74, 6) is 0.0908. The number of amides is 3. The van der Waals surface area contributed by atoms with Crippen molar-refractivity contribution in [1.82, 2.24) is 20.2 Å². The monoisotopic (exact) mass is 363 g/mol. The SMILES string of the molecule is CN(C(=O)C1(NC=O)CCN(C(=O)OC(C)(C)C)CC1)c1cnccn1. The Hall–Kier alpha value is -2.71. The molecule has 0 saturated carbocycles. The number of carbonyl (C=O) groups excluding carboxylic acids is 3. The van der Waals surface area contributed by atoms with Gasteiger partial charge in [-0.05, 0) is 33.6 Å². The molecule has 1 aromatic heterocycles. The van der Waals surface area contributed by atoms with E-state index in [4.69, 9.17) is 4.74 Å². The summed E-state index contributed by atoms with van der Waals surface area (Å²) >= 11 is 0. The number of piperidine rings is 1. The Balaban J connectivity index is 2.11. The van der Waals surface area contributed by atoms with Gasteiger partial charge in [0, 0.05) is 32.5 Å². The fourth-order valence-corrected chi connectivity index (χ4v) is 2.82. The zero-order valence-corrected chi connectivity index (χ0v) is 15.6. The molecule has 9 heteroatoms. The second-order valence-corrected chi connectivity index (χ2v) is 7.24. The third-order valence-electron chi connectivity index (χ3n) is 4.21. The predicted molar refractivity (Wildman–Crippen MR) is 94.4 cm³/mol. The zero-order chi connectivity index (χ0) is 19.4. The molecule has 2 rings (SSSR count). The second-order valence-electron chi connectivity index (χ2n) is 7.24. The number of hydrogen-bond acceptors (Lipinski definition) is 6. The molecule has 0 spiro atoms. The Morgan fingerprint density at radius 1 is 1.31 bits per heavy atom. The van der Waals surface area contributed by atoms with Crippen molar-refractivity contribution in [3.63, 3.8) is 0 Å². The van der Waals surface area contributed by atoms with Crippen molar-refractivity contribution in [2.75, 3.05) is 25.0 Å². The van der Waals surface area contributed by atoms with Gasteiger partial charge in [0.25, 0.3) is 5.91 Å². The number of carbonyl (C=O) groups is 3. The Labute approximate surface area is 152 Å². The van der Waals surface area contributed by atoms with Crippen LogP contribution in [0.1, 0.15) is 33.6 Å². The summed E-state index contributed by atoms with van der Waals surface area (Å²) in [7, 11) is 1.58. The molecule has 1 fully saturated rings. The lowest BCUT2D eigenvalue weighted by Gasteiger charge is -2.41. The summed E-state index contributed by atoms with van der Waals surface area (Å²) in [4.78, 5) is 47.3. The average molecular weight is 363 g/mol. The van der Waals surface area contributed by atoms with Crippen LogP contribution in [0.15, 0.2) is 18.6 Å². The Bertz CT molecular complexity index is 651. The summed E-state index contributed by atoms with van der Waals surface area (Å²) in [6, 6.07) is 0. The molecule has 0 atom stereocenters. The van der Waals surface area contributed by atoms with E-state index in [1.807, 2.05) is 0 Å². The molecule has 0 aromatic carbocycles. The highest BCUT2D eigenvalue weighted by molar-refractivity contribution is 6.00. The van der Waals surface area contributed by atoms with Crippen LogP contribution in [0.4, 0.5) is 10.6 Å². The number of nitrogens with one attached hydrogen (secondary N) is 1. The van der Waals surface area contributed by atoms with Crippen LogP contribution >= 0.6 is 0 Å². The van der Waals surface area contributed by atoms with Crippen molar-refractivity contribution in [2.24, 2.45) is 0 Å². The van der Waals surface area contributed by atoms with Crippen molar-refractivity contribution in [1.29, 1.82) is 0 Å². The molecule has 1 saturated heterocycles. The minimum atomic E-state index is -1.09. The van der Waals surface area contributed by atoms with Crippen molar-refractivity contribution in [3.05, 3.63) is 18.6 Å². The Kier molecular flexibility index (Phi) is 5.79. The number of hydrogen-bond donors (Lipinski definition) is 1. The van der Waals surface area contributed by atoms with E-state index in [1.165, 1.54) is 23.5 Å².